The molecule has 3 aliphatic carbocycles. The van der Waals surface area contributed by atoms with Crippen molar-refractivity contribution in [2.75, 3.05) is 0 Å². The van der Waals surface area contributed by atoms with E-state index in [4.69, 9.17) is 0 Å². The number of allylic oxidation sites excluding steroid dienone is 4. The van der Waals surface area contributed by atoms with Crippen LogP contribution in [0.2, 0.25) is 0 Å². The van der Waals surface area contributed by atoms with Crippen LogP contribution < -0.4 is 0 Å². The van der Waals surface area contributed by atoms with E-state index in [1.807, 2.05) is 0 Å². The molecule has 3 aliphatic rings. The van der Waals surface area contributed by atoms with Gasteiger partial charge in [0, 0.05) is 22.9 Å². The van der Waals surface area contributed by atoms with Gasteiger partial charge in [-0.25, -0.2) is 0 Å². The third-order valence-electron chi connectivity index (χ3n) is 12.0. The zero-order valence-corrected chi connectivity index (χ0v) is 29.9. The van der Waals surface area contributed by atoms with Crippen molar-refractivity contribution in [3.63, 3.8) is 0 Å². The highest BCUT2D eigenvalue weighted by molar-refractivity contribution is 6.12. The highest BCUT2D eigenvalue weighted by atomic mass is 15.0. The number of hydrogen-bond acceptors (Lipinski definition) is 0. The van der Waals surface area contributed by atoms with Crippen molar-refractivity contribution in [3.05, 3.63) is 166 Å². The van der Waals surface area contributed by atoms with Crippen molar-refractivity contribution in [3.8, 4) is 39.1 Å². The van der Waals surface area contributed by atoms with Crippen LogP contribution in [0.4, 0.5) is 0 Å². The Morgan fingerprint density at radius 2 is 1.37 bits per heavy atom. The van der Waals surface area contributed by atoms with E-state index in [1.165, 1.54) is 118 Å². The van der Waals surface area contributed by atoms with Gasteiger partial charge in [-0.05, 0) is 148 Å². The molecule has 1 heteroatoms. The molecule has 1 saturated carbocycles. The average molecular weight is 658 g/mol. The number of aryl methyl sites for hydroxylation is 1. The molecule has 1 fully saturated rings. The molecular weight excluding hydrogens is 615 g/mol. The molecule has 1 nitrogen and oxygen atoms in total. The Hall–Kier alpha value is -5.40. The SMILES string of the molecule is CCC1=CCCC=C1c1cccc(-c2cccc(C)c2-c2ccc(-n3c4ccccc4c4ccc5c(c43)Cc3ccccc3-5)cc2C2CC2)c1C. The highest BCUT2D eigenvalue weighted by Crippen LogP contribution is 2.50. The standard InChI is InChI=1S/C50H43N/c1-4-33-14-5-7-16-39(33)37-19-12-20-38(32(37)3)43-21-11-13-31(2)49(43)44-26-25-36(30-46(44)34-23-24-34)51-48-22-10-9-18-42(48)45-28-27-41-40-17-8-6-15-35(40)29-47(41)50(45)51/h6,8-22,25-28,30,34H,4-5,7,23-24,29H2,1-3H3. The number of fused-ring (bicyclic) bond motifs is 7. The summed E-state index contributed by atoms with van der Waals surface area (Å²) in [6.07, 6.45) is 11.7. The van der Waals surface area contributed by atoms with Crippen molar-refractivity contribution in [2.24, 2.45) is 0 Å². The third-order valence-corrected chi connectivity index (χ3v) is 12.0. The molecule has 0 atom stereocenters. The molecule has 6 aromatic carbocycles. The predicted molar refractivity (Wildman–Crippen MR) is 217 cm³/mol. The van der Waals surface area contributed by atoms with Gasteiger partial charge in [-0.3, -0.25) is 0 Å². The molecule has 0 saturated heterocycles. The summed E-state index contributed by atoms with van der Waals surface area (Å²) in [4.78, 5) is 0. The quantitative estimate of drug-likeness (QED) is 0.168. The van der Waals surface area contributed by atoms with E-state index in [-0.39, 0.29) is 0 Å². The Balaban J connectivity index is 1.17. The number of para-hydroxylation sites is 1. The fourth-order valence-electron chi connectivity index (χ4n) is 9.41. The van der Waals surface area contributed by atoms with E-state index in [0.717, 1.165) is 25.7 Å². The van der Waals surface area contributed by atoms with E-state index in [9.17, 15) is 0 Å². The maximum absolute atomic E-state index is 2.58. The van der Waals surface area contributed by atoms with Gasteiger partial charge < -0.3 is 4.57 Å². The maximum Gasteiger partial charge on any atom is 0.0582 e. The van der Waals surface area contributed by atoms with Gasteiger partial charge in [0.05, 0.1) is 11.0 Å². The Bertz CT molecular complexity index is 2620. The lowest BCUT2D eigenvalue weighted by molar-refractivity contribution is 0.991. The molecule has 51 heavy (non-hydrogen) atoms. The van der Waals surface area contributed by atoms with Crippen molar-refractivity contribution in [1.29, 1.82) is 0 Å². The summed E-state index contributed by atoms with van der Waals surface area (Å²) < 4.78 is 2.58. The summed E-state index contributed by atoms with van der Waals surface area (Å²) in [5.41, 5.74) is 23.5. The van der Waals surface area contributed by atoms with Crippen LogP contribution in [0.1, 0.15) is 78.3 Å². The number of aromatic nitrogens is 1. The number of hydrogen-bond donors (Lipinski definition) is 0. The summed E-state index contributed by atoms with van der Waals surface area (Å²) in [6.45, 7) is 6.93. The first-order valence-corrected chi connectivity index (χ1v) is 19.0. The van der Waals surface area contributed by atoms with Crippen molar-refractivity contribution >= 4 is 27.4 Å². The zero-order valence-electron chi connectivity index (χ0n) is 29.9. The molecule has 10 rings (SSSR count). The van der Waals surface area contributed by atoms with Crippen molar-refractivity contribution in [2.45, 2.75) is 65.2 Å². The summed E-state index contributed by atoms with van der Waals surface area (Å²) in [7, 11) is 0. The first-order valence-electron chi connectivity index (χ1n) is 19.0. The normalized spacial score (nSPS) is 15.2. The zero-order chi connectivity index (χ0) is 34.2. The van der Waals surface area contributed by atoms with Crippen LogP contribution in [-0.2, 0) is 6.42 Å². The van der Waals surface area contributed by atoms with Gasteiger partial charge in [0.2, 0.25) is 0 Å². The molecule has 0 aliphatic heterocycles. The second-order valence-corrected chi connectivity index (χ2v) is 15.0. The fourth-order valence-corrected chi connectivity index (χ4v) is 9.41. The van der Waals surface area contributed by atoms with Crippen LogP contribution in [0.15, 0.2) is 133 Å². The van der Waals surface area contributed by atoms with Gasteiger partial charge in [-0.2, -0.15) is 0 Å². The first kappa shape index (κ1) is 30.4. The third kappa shape index (κ3) is 4.75. The summed E-state index contributed by atoms with van der Waals surface area (Å²) in [6, 6.07) is 43.9. The smallest absolute Gasteiger partial charge is 0.0582 e. The Morgan fingerprint density at radius 3 is 2.25 bits per heavy atom. The Kier molecular flexibility index (Phi) is 7.07. The summed E-state index contributed by atoms with van der Waals surface area (Å²) in [5.74, 6) is 0.590. The lowest BCUT2D eigenvalue weighted by Gasteiger charge is -2.22. The van der Waals surface area contributed by atoms with E-state index < -0.39 is 0 Å². The molecule has 0 radical (unpaired) electrons. The number of rotatable bonds is 6. The van der Waals surface area contributed by atoms with Crippen LogP contribution >= 0.6 is 0 Å². The summed E-state index contributed by atoms with van der Waals surface area (Å²) >= 11 is 0. The van der Waals surface area contributed by atoms with Crippen molar-refractivity contribution < 1.29 is 0 Å². The summed E-state index contributed by atoms with van der Waals surface area (Å²) in [5, 5.41) is 2.67. The molecule has 0 bridgehead atoms. The van der Waals surface area contributed by atoms with Gasteiger partial charge in [0.15, 0.2) is 0 Å². The van der Waals surface area contributed by atoms with Crippen LogP contribution in [0.3, 0.4) is 0 Å². The van der Waals surface area contributed by atoms with E-state index >= 15 is 0 Å². The molecule has 248 valence electrons. The molecule has 0 N–H and O–H groups in total. The van der Waals surface area contributed by atoms with Gasteiger partial charge in [-0.15, -0.1) is 0 Å². The molecule has 1 heterocycles. The van der Waals surface area contributed by atoms with E-state index in [1.54, 1.807) is 0 Å². The van der Waals surface area contributed by atoms with Gasteiger partial charge in [0.1, 0.15) is 0 Å². The maximum atomic E-state index is 2.58. The molecule has 0 unspecified atom stereocenters. The molecule has 7 aromatic rings. The van der Waals surface area contributed by atoms with Crippen LogP contribution in [0.25, 0.3) is 66.4 Å². The lowest BCUT2D eigenvalue weighted by atomic mass is 9.82. The second kappa shape index (κ2) is 11.8. The minimum atomic E-state index is 0.590. The monoisotopic (exact) mass is 657 g/mol. The number of nitrogens with zero attached hydrogens (tertiary/aromatic N) is 1. The minimum absolute atomic E-state index is 0.590. The van der Waals surface area contributed by atoms with Crippen LogP contribution in [0.5, 0.6) is 0 Å². The van der Waals surface area contributed by atoms with Crippen LogP contribution in [0, 0.1) is 13.8 Å². The second-order valence-electron chi connectivity index (χ2n) is 15.0. The Morgan fingerprint density at radius 1 is 0.627 bits per heavy atom. The molecule has 0 spiro atoms. The highest BCUT2D eigenvalue weighted by Gasteiger charge is 2.30. The van der Waals surface area contributed by atoms with Gasteiger partial charge >= 0.3 is 0 Å². The Labute approximate surface area is 301 Å². The minimum Gasteiger partial charge on any atom is -0.309 e. The lowest BCUT2D eigenvalue weighted by Crippen LogP contribution is -2.01. The first-order chi connectivity index (χ1) is 25.1. The predicted octanol–water partition coefficient (Wildman–Crippen LogP) is 13.7. The van der Waals surface area contributed by atoms with Crippen molar-refractivity contribution in [1.82, 2.24) is 4.57 Å². The van der Waals surface area contributed by atoms with Gasteiger partial charge in [0.25, 0.3) is 0 Å². The topological polar surface area (TPSA) is 4.93 Å². The van der Waals surface area contributed by atoms with Crippen LogP contribution in [-0.4, -0.2) is 4.57 Å². The van der Waals surface area contributed by atoms with Gasteiger partial charge in [-0.1, -0.05) is 116 Å². The number of benzene rings is 6. The largest absolute Gasteiger partial charge is 0.309 e. The molecule has 1 aromatic heterocycles. The van der Waals surface area contributed by atoms with E-state index in [0.29, 0.717) is 5.92 Å². The van der Waals surface area contributed by atoms with E-state index in [2.05, 4.69) is 153 Å². The average Bonchev–Trinajstić information content (AvgIpc) is 3.87. The fraction of sp³-hybridized carbons (Fsp3) is 0.200. The molecular formula is C50H43N. The molecule has 0 amide bonds.